The molecular formula is C23H33FO2Si. The average Bonchev–Trinajstić information content (AvgIpc) is 2.52. The molecule has 2 aromatic rings. The molecule has 0 fully saturated rings. The summed E-state index contributed by atoms with van der Waals surface area (Å²) in [5.74, 6) is 0.926. The largest absolute Gasteiger partial charge is 0.507 e. The molecule has 0 amide bonds. The molecule has 2 aromatic carbocycles. The predicted molar refractivity (Wildman–Crippen MR) is 115 cm³/mol. The SMILES string of the molecule is CC(C)(C)c1cc(OC[Si](C)(C)c2ccc(F)cc2)cc(C(C)(C)C)c1O. The number of halogens is 1. The summed E-state index contributed by atoms with van der Waals surface area (Å²) in [5.41, 5.74) is 1.41. The van der Waals surface area contributed by atoms with E-state index in [1.165, 1.54) is 12.1 Å². The molecule has 0 unspecified atom stereocenters. The highest BCUT2D eigenvalue weighted by Crippen LogP contribution is 2.41. The Hall–Kier alpha value is -1.81. The van der Waals surface area contributed by atoms with Crippen LogP contribution in [0.5, 0.6) is 11.5 Å². The smallest absolute Gasteiger partial charge is 0.124 e. The first-order valence-corrected chi connectivity index (χ1v) is 12.7. The summed E-state index contributed by atoms with van der Waals surface area (Å²) >= 11 is 0. The van der Waals surface area contributed by atoms with Crippen molar-refractivity contribution in [1.29, 1.82) is 0 Å². The van der Waals surface area contributed by atoms with Crippen LogP contribution in [0, 0.1) is 5.82 Å². The predicted octanol–water partition coefficient (Wildman–Crippen LogP) is 5.66. The summed E-state index contributed by atoms with van der Waals surface area (Å²) in [7, 11) is -1.88. The summed E-state index contributed by atoms with van der Waals surface area (Å²) in [6, 6.07) is 10.7. The Morgan fingerprint density at radius 3 is 1.74 bits per heavy atom. The molecule has 148 valence electrons. The monoisotopic (exact) mass is 388 g/mol. The number of ether oxygens (including phenoxy) is 1. The quantitative estimate of drug-likeness (QED) is 0.685. The Bertz CT molecular complexity index is 762. The summed E-state index contributed by atoms with van der Waals surface area (Å²) in [4.78, 5) is 0. The molecule has 4 heteroatoms. The van der Waals surface area contributed by atoms with E-state index in [1.54, 1.807) is 0 Å². The van der Waals surface area contributed by atoms with Gasteiger partial charge in [-0.1, -0.05) is 72.0 Å². The van der Waals surface area contributed by atoms with E-state index < -0.39 is 8.07 Å². The Morgan fingerprint density at radius 2 is 1.33 bits per heavy atom. The zero-order valence-electron chi connectivity index (χ0n) is 17.9. The molecule has 27 heavy (non-hydrogen) atoms. The lowest BCUT2D eigenvalue weighted by Gasteiger charge is -2.29. The number of hydrogen-bond donors (Lipinski definition) is 1. The first-order chi connectivity index (χ1) is 12.2. The molecule has 0 atom stereocenters. The van der Waals surface area contributed by atoms with Crippen LogP contribution in [-0.2, 0) is 10.8 Å². The van der Waals surface area contributed by atoms with Gasteiger partial charge in [0.25, 0.3) is 0 Å². The van der Waals surface area contributed by atoms with E-state index in [0.717, 1.165) is 22.1 Å². The van der Waals surface area contributed by atoms with Crippen LogP contribution in [0.3, 0.4) is 0 Å². The third kappa shape index (κ3) is 5.13. The van der Waals surface area contributed by atoms with E-state index in [2.05, 4.69) is 54.6 Å². The third-order valence-corrected chi connectivity index (χ3v) is 7.69. The molecule has 0 saturated heterocycles. The van der Waals surface area contributed by atoms with Crippen molar-refractivity contribution in [2.45, 2.75) is 65.5 Å². The summed E-state index contributed by atoms with van der Waals surface area (Å²) < 4.78 is 19.5. The normalized spacial score (nSPS) is 12.9. The molecule has 0 saturated carbocycles. The van der Waals surface area contributed by atoms with Gasteiger partial charge in [-0.3, -0.25) is 0 Å². The Kier molecular flexibility index (Phi) is 5.81. The highest BCUT2D eigenvalue weighted by Gasteiger charge is 2.29. The first kappa shape index (κ1) is 21.5. The van der Waals surface area contributed by atoms with Crippen LogP contribution in [0.15, 0.2) is 36.4 Å². The van der Waals surface area contributed by atoms with Crippen LogP contribution in [0.4, 0.5) is 4.39 Å². The standard InChI is InChI=1S/C23H33FO2Si/c1-22(2,3)19-13-17(14-20(21(19)25)23(4,5)6)26-15-27(7,8)18-11-9-16(24)10-12-18/h9-14,25H,15H2,1-8H3. The highest BCUT2D eigenvalue weighted by molar-refractivity contribution is 6.89. The Labute approximate surface area is 164 Å². The van der Waals surface area contributed by atoms with Gasteiger partial charge in [0, 0.05) is 11.1 Å². The molecule has 0 aromatic heterocycles. The van der Waals surface area contributed by atoms with Gasteiger partial charge in [-0.25, -0.2) is 4.39 Å². The van der Waals surface area contributed by atoms with Gasteiger partial charge in [0.05, 0.1) is 6.23 Å². The highest BCUT2D eigenvalue weighted by atomic mass is 28.3. The lowest BCUT2D eigenvalue weighted by molar-refractivity contribution is 0.369. The fourth-order valence-electron chi connectivity index (χ4n) is 3.08. The van der Waals surface area contributed by atoms with Gasteiger partial charge in [-0.2, -0.15) is 0 Å². The summed E-state index contributed by atoms with van der Waals surface area (Å²) in [5, 5.41) is 12.0. The van der Waals surface area contributed by atoms with Crippen molar-refractivity contribution in [2.24, 2.45) is 0 Å². The van der Waals surface area contributed by atoms with Gasteiger partial charge in [0.15, 0.2) is 0 Å². The second-order valence-electron chi connectivity index (χ2n) is 10.0. The van der Waals surface area contributed by atoms with E-state index >= 15 is 0 Å². The molecule has 0 aliphatic carbocycles. The number of aromatic hydroxyl groups is 1. The Morgan fingerprint density at radius 1 is 0.889 bits per heavy atom. The van der Waals surface area contributed by atoms with Gasteiger partial charge in [0.2, 0.25) is 0 Å². The molecule has 1 N–H and O–H groups in total. The Balaban J connectivity index is 2.37. The minimum Gasteiger partial charge on any atom is -0.507 e. The first-order valence-electron chi connectivity index (χ1n) is 9.49. The van der Waals surface area contributed by atoms with Gasteiger partial charge >= 0.3 is 0 Å². The second-order valence-corrected chi connectivity index (χ2v) is 14.7. The van der Waals surface area contributed by atoms with Crippen LogP contribution in [0.2, 0.25) is 13.1 Å². The van der Waals surface area contributed by atoms with E-state index in [9.17, 15) is 9.50 Å². The van der Waals surface area contributed by atoms with E-state index in [-0.39, 0.29) is 16.6 Å². The number of hydrogen-bond acceptors (Lipinski definition) is 2. The van der Waals surface area contributed by atoms with E-state index in [0.29, 0.717) is 12.0 Å². The minimum atomic E-state index is -1.88. The fraction of sp³-hybridized carbons (Fsp3) is 0.478. The maximum atomic E-state index is 13.2. The van der Waals surface area contributed by atoms with Gasteiger partial charge in [-0.15, -0.1) is 0 Å². The lowest BCUT2D eigenvalue weighted by Crippen LogP contribution is -2.47. The van der Waals surface area contributed by atoms with Crippen LogP contribution in [0.1, 0.15) is 52.7 Å². The van der Waals surface area contributed by atoms with Crippen LogP contribution in [0.25, 0.3) is 0 Å². The second kappa shape index (κ2) is 7.31. The minimum absolute atomic E-state index is 0.187. The number of benzene rings is 2. The van der Waals surface area contributed by atoms with Gasteiger partial charge < -0.3 is 9.84 Å². The van der Waals surface area contributed by atoms with Gasteiger partial charge in [0.1, 0.15) is 25.4 Å². The molecule has 0 aliphatic rings. The third-order valence-electron chi connectivity index (χ3n) is 4.92. The average molecular weight is 389 g/mol. The maximum absolute atomic E-state index is 13.2. The molecule has 0 heterocycles. The number of rotatable bonds is 4. The van der Waals surface area contributed by atoms with Crippen molar-refractivity contribution in [3.63, 3.8) is 0 Å². The molecule has 2 rings (SSSR count). The van der Waals surface area contributed by atoms with Crippen LogP contribution in [-0.4, -0.2) is 19.4 Å². The summed E-state index contributed by atoms with van der Waals surface area (Å²) in [6.07, 6.45) is 0.594. The van der Waals surface area contributed by atoms with Crippen molar-refractivity contribution in [3.05, 3.63) is 53.3 Å². The van der Waals surface area contributed by atoms with Crippen molar-refractivity contribution in [1.82, 2.24) is 0 Å². The van der Waals surface area contributed by atoms with Gasteiger partial charge in [-0.05, 0) is 35.1 Å². The maximum Gasteiger partial charge on any atom is 0.124 e. The van der Waals surface area contributed by atoms with Crippen molar-refractivity contribution in [3.8, 4) is 11.5 Å². The molecule has 0 radical (unpaired) electrons. The molecule has 2 nitrogen and oxygen atoms in total. The van der Waals surface area contributed by atoms with Crippen LogP contribution < -0.4 is 9.92 Å². The summed E-state index contributed by atoms with van der Waals surface area (Å²) in [6.45, 7) is 17.0. The fourth-order valence-corrected chi connectivity index (χ4v) is 4.85. The zero-order chi connectivity index (χ0) is 20.6. The molecule has 0 aliphatic heterocycles. The van der Waals surface area contributed by atoms with Crippen molar-refractivity contribution in [2.75, 3.05) is 6.23 Å². The zero-order valence-corrected chi connectivity index (χ0v) is 18.9. The van der Waals surface area contributed by atoms with E-state index in [4.69, 9.17) is 4.74 Å². The molecule has 0 spiro atoms. The molecule has 0 bridgehead atoms. The van der Waals surface area contributed by atoms with E-state index in [1.807, 2.05) is 24.3 Å². The lowest BCUT2D eigenvalue weighted by atomic mass is 9.79. The molecular weight excluding hydrogens is 355 g/mol. The number of phenols is 1. The van der Waals surface area contributed by atoms with Crippen molar-refractivity contribution < 1.29 is 14.2 Å². The van der Waals surface area contributed by atoms with Crippen LogP contribution >= 0.6 is 0 Å². The number of phenolic OH excluding ortho intramolecular Hbond substituents is 1. The van der Waals surface area contributed by atoms with Crippen molar-refractivity contribution >= 4 is 13.3 Å². The topological polar surface area (TPSA) is 29.5 Å².